The number of hydrogen-bond donors (Lipinski definition) is 5. The van der Waals surface area contributed by atoms with Crippen molar-refractivity contribution in [2.24, 2.45) is 0 Å². The van der Waals surface area contributed by atoms with Gasteiger partial charge in [0.25, 0.3) is 0 Å². The molecule has 2 heterocycles. The number of carboxylic acids is 1. The highest BCUT2D eigenvalue weighted by atomic mass is 19.2. The highest BCUT2D eigenvalue weighted by Crippen LogP contribution is 2.34. The SMILES string of the molecule is COCC1=C(C(=O)O)C(c2ccc(F)c(F)c2)N(C(=O)NCCNC2CCNC(c3ccccc3)C2)C(=O)N1. The zero-order chi connectivity index (χ0) is 27.9. The summed E-state index contributed by atoms with van der Waals surface area (Å²) in [5.74, 6) is -3.83. The van der Waals surface area contributed by atoms with Crippen molar-refractivity contribution >= 4 is 18.0 Å². The van der Waals surface area contributed by atoms with Gasteiger partial charge in [-0.05, 0) is 42.6 Å². The first-order valence-corrected chi connectivity index (χ1v) is 12.6. The van der Waals surface area contributed by atoms with Crippen LogP contribution in [-0.2, 0) is 9.53 Å². The maximum atomic E-state index is 14.1. The van der Waals surface area contributed by atoms with Crippen molar-refractivity contribution < 1.29 is 33.0 Å². The second-order valence-electron chi connectivity index (χ2n) is 9.33. The third-order valence-electron chi connectivity index (χ3n) is 6.77. The molecule has 0 bridgehead atoms. The Morgan fingerprint density at radius 2 is 1.87 bits per heavy atom. The van der Waals surface area contributed by atoms with E-state index in [2.05, 4.69) is 33.4 Å². The van der Waals surface area contributed by atoms with Crippen molar-refractivity contribution in [3.63, 3.8) is 0 Å². The van der Waals surface area contributed by atoms with Gasteiger partial charge in [-0.15, -0.1) is 0 Å². The molecule has 2 aromatic carbocycles. The molecule has 2 aromatic rings. The lowest BCUT2D eigenvalue weighted by molar-refractivity contribution is -0.133. The lowest BCUT2D eigenvalue weighted by Gasteiger charge is -2.36. The molecular weight excluding hydrogens is 512 g/mol. The molecule has 3 unspecified atom stereocenters. The maximum Gasteiger partial charge on any atom is 0.335 e. The first-order chi connectivity index (χ1) is 18.8. The van der Waals surface area contributed by atoms with Gasteiger partial charge in [-0.25, -0.2) is 28.1 Å². The summed E-state index contributed by atoms with van der Waals surface area (Å²) in [5, 5.41) is 21.9. The van der Waals surface area contributed by atoms with Crippen molar-refractivity contribution in [1.82, 2.24) is 26.2 Å². The lowest BCUT2D eigenvalue weighted by atomic mass is 9.93. The van der Waals surface area contributed by atoms with E-state index in [1.807, 2.05) is 18.2 Å². The zero-order valence-electron chi connectivity index (χ0n) is 21.4. The van der Waals surface area contributed by atoms with Crippen molar-refractivity contribution in [3.05, 3.63) is 82.6 Å². The summed E-state index contributed by atoms with van der Waals surface area (Å²) in [6.45, 7) is 1.11. The number of urea groups is 2. The van der Waals surface area contributed by atoms with Crippen molar-refractivity contribution in [3.8, 4) is 0 Å². The van der Waals surface area contributed by atoms with E-state index in [0.717, 1.165) is 37.6 Å². The van der Waals surface area contributed by atoms with Crippen LogP contribution in [0.4, 0.5) is 18.4 Å². The summed E-state index contributed by atoms with van der Waals surface area (Å²) in [4.78, 5) is 39.0. The quantitative estimate of drug-likeness (QED) is 0.307. The molecule has 0 aliphatic carbocycles. The van der Waals surface area contributed by atoms with Gasteiger partial charge in [-0.3, -0.25) is 0 Å². The number of rotatable bonds is 9. The zero-order valence-corrected chi connectivity index (χ0v) is 21.4. The third kappa shape index (κ3) is 6.59. The van der Waals surface area contributed by atoms with E-state index in [0.29, 0.717) is 11.4 Å². The molecular formula is C27H31F2N5O5. The normalized spacial score (nSPS) is 21.5. The molecule has 39 heavy (non-hydrogen) atoms. The van der Waals surface area contributed by atoms with Crippen molar-refractivity contribution in [1.29, 1.82) is 0 Å². The van der Waals surface area contributed by atoms with Gasteiger partial charge < -0.3 is 31.1 Å². The van der Waals surface area contributed by atoms with E-state index < -0.39 is 41.3 Å². The Labute approximate surface area is 224 Å². The number of piperidine rings is 1. The highest BCUT2D eigenvalue weighted by Gasteiger charge is 2.42. The molecule has 2 aliphatic rings. The maximum absolute atomic E-state index is 14.1. The molecule has 0 spiro atoms. The summed E-state index contributed by atoms with van der Waals surface area (Å²) in [6.07, 6.45) is 1.76. The van der Waals surface area contributed by atoms with Gasteiger partial charge in [-0.2, -0.15) is 0 Å². The fraction of sp³-hybridized carbons (Fsp3) is 0.370. The standard InChI is InChI=1S/C27H31F2N5O5/c1-39-15-22-23(25(35)36)24(17-7-8-19(28)20(29)13-17)34(27(38)33-22)26(37)32-12-11-30-18-9-10-31-21(14-18)16-5-3-2-4-6-16/h2-8,13,18,21,24,30-31H,9-12,14-15H2,1H3,(H,32,37)(H,33,38)(H,35,36). The summed E-state index contributed by atoms with van der Waals surface area (Å²) >= 11 is 0. The van der Waals surface area contributed by atoms with Gasteiger partial charge >= 0.3 is 18.0 Å². The fourth-order valence-electron chi connectivity index (χ4n) is 4.95. The molecule has 10 nitrogen and oxygen atoms in total. The number of nitrogens with zero attached hydrogens (tertiary/aromatic N) is 1. The number of imide groups is 1. The molecule has 0 aromatic heterocycles. The fourth-order valence-corrected chi connectivity index (χ4v) is 4.95. The Kier molecular flexibility index (Phi) is 9.23. The van der Waals surface area contributed by atoms with Crippen LogP contribution in [0.15, 0.2) is 59.8 Å². The van der Waals surface area contributed by atoms with E-state index in [1.165, 1.54) is 12.7 Å². The van der Waals surface area contributed by atoms with Crippen molar-refractivity contribution in [2.75, 3.05) is 33.4 Å². The van der Waals surface area contributed by atoms with Crippen LogP contribution in [0.5, 0.6) is 0 Å². The average molecular weight is 544 g/mol. The Bertz CT molecular complexity index is 1240. The molecule has 12 heteroatoms. The van der Waals surface area contributed by atoms with E-state index in [4.69, 9.17) is 4.74 Å². The van der Waals surface area contributed by atoms with Crippen molar-refractivity contribution in [2.45, 2.75) is 31.0 Å². The van der Waals surface area contributed by atoms with Gasteiger partial charge in [0.1, 0.15) is 6.04 Å². The summed E-state index contributed by atoms with van der Waals surface area (Å²) in [5.41, 5.74) is 0.642. The number of hydrogen-bond acceptors (Lipinski definition) is 6. The van der Waals surface area contributed by atoms with Gasteiger partial charge in [0.15, 0.2) is 11.6 Å². The summed E-state index contributed by atoms with van der Waals surface area (Å²) in [7, 11) is 1.31. The molecule has 1 fully saturated rings. The molecule has 1 saturated heterocycles. The van der Waals surface area contributed by atoms with Gasteiger partial charge in [-0.1, -0.05) is 36.4 Å². The van der Waals surface area contributed by atoms with Crippen LogP contribution in [0, 0.1) is 11.6 Å². The Morgan fingerprint density at radius 3 is 2.56 bits per heavy atom. The predicted molar refractivity (Wildman–Crippen MR) is 138 cm³/mol. The van der Waals surface area contributed by atoms with Crippen LogP contribution in [0.2, 0.25) is 0 Å². The smallest absolute Gasteiger partial charge is 0.335 e. The second kappa shape index (κ2) is 12.8. The highest BCUT2D eigenvalue weighted by molar-refractivity contribution is 6.01. The van der Waals surface area contributed by atoms with E-state index in [-0.39, 0.29) is 36.5 Å². The topological polar surface area (TPSA) is 132 Å². The molecule has 4 amide bonds. The van der Waals surface area contributed by atoms with E-state index in [1.54, 1.807) is 0 Å². The molecule has 5 N–H and O–H groups in total. The number of carbonyl (C=O) groups excluding carboxylic acids is 2. The largest absolute Gasteiger partial charge is 0.478 e. The van der Waals surface area contributed by atoms with Crippen LogP contribution in [0.1, 0.15) is 36.1 Å². The second-order valence-corrected chi connectivity index (χ2v) is 9.33. The monoisotopic (exact) mass is 543 g/mol. The molecule has 0 radical (unpaired) electrons. The van der Waals surface area contributed by atoms with Crippen LogP contribution >= 0.6 is 0 Å². The van der Waals surface area contributed by atoms with Gasteiger partial charge in [0.2, 0.25) is 0 Å². The predicted octanol–water partition coefficient (Wildman–Crippen LogP) is 2.81. The van der Waals surface area contributed by atoms with Gasteiger partial charge in [0.05, 0.1) is 17.9 Å². The third-order valence-corrected chi connectivity index (χ3v) is 6.77. The molecule has 0 saturated carbocycles. The van der Waals surface area contributed by atoms with E-state index >= 15 is 0 Å². The van der Waals surface area contributed by atoms with Crippen LogP contribution in [-0.4, -0.2) is 67.4 Å². The Balaban J connectivity index is 1.45. The number of carboxylic acid groups (broad SMARTS) is 1. The average Bonchev–Trinajstić information content (AvgIpc) is 2.93. The Hall–Kier alpha value is -3.87. The first kappa shape index (κ1) is 28.1. The number of ether oxygens (including phenoxy) is 1. The van der Waals surface area contributed by atoms with Crippen LogP contribution in [0.25, 0.3) is 0 Å². The number of amides is 4. The summed E-state index contributed by atoms with van der Waals surface area (Å²) in [6, 6.07) is 9.94. The Morgan fingerprint density at radius 1 is 1.10 bits per heavy atom. The number of aliphatic carboxylic acids is 1. The molecule has 3 atom stereocenters. The molecule has 4 rings (SSSR count). The van der Waals surface area contributed by atoms with Crippen LogP contribution in [0.3, 0.4) is 0 Å². The minimum Gasteiger partial charge on any atom is -0.478 e. The number of nitrogens with one attached hydrogen (secondary N) is 4. The molecule has 208 valence electrons. The number of carbonyl (C=O) groups is 3. The minimum atomic E-state index is -1.51. The summed E-state index contributed by atoms with van der Waals surface area (Å²) < 4.78 is 32.7. The molecule has 2 aliphatic heterocycles. The first-order valence-electron chi connectivity index (χ1n) is 12.6. The van der Waals surface area contributed by atoms with E-state index in [9.17, 15) is 28.3 Å². The lowest BCUT2D eigenvalue weighted by Crippen LogP contribution is -2.55. The number of halogens is 2. The number of benzene rings is 2. The van der Waals surface area contributed by atoms with Gasteiger partial charge in [0, 0.05) is 32.3 Å². The van der Waals surface area contributed by atoms with Crippen LogP contribution < -0.4 is 21.3 Å². The minimum absolute atomic E-state index is 0.0790. The number of methoxy groups -OCH3 is 1.